The van der Waals surface area contributed by atoms with Crippen LogP contribution in [0.2, 0.25) is 0 Å². The molecule has 122 valence electrons. The summed E-state index contributed by atoms with van der Waals surface area (Å²) in [5.74, 6) is -0.818. The molecule has 0 N–H and O–H groups in total. The number of nitriles is 1. The molecule has 0 aliphatic heterocycles. The lowest BCUT2D eigenvalue weighted by molar-refractivity contribution is -0.145. The highest BCUT2D eigenvalue weighted by molar-refractivity contribution is 5.82. The van der Waals surface area contributed by atoms with Crippen molar-refractivity contribution < 1.29 is 9.53 Å². The molecule has 0 fully saturated rings. The SMILES string of the molecule is N#Cc1ccccc1COC(=O)C(c1ccccc1)c1ccccc1. The van der Waals surface area contributed by atoms with Crippen LogP contribution in [0.25, 0.3) is 0 Å². The van der Waals surface area contributed by atoms with E-state index in [1.54, 1.807) is 18.2 Å². The molecule has 0 bridgehead atoms. The standard InChI is InChI=1S/C22H17NO2/c23-15-19-13-7-8-14-20(19)16-25-22(24)21(17-9-3-1-4-10-17)18-11-5-2-6-12-18/h1-14,21H,16H2. The first-order chi connectivity index (χ1) is 12.3. The van der Waals surface area contributed by atoms with Crippen LogP contribution in [-0.2, 0) is 16.1 Å². The molecule has 0 heterocycles. The number of carbonyl (C=O) groups excluding carboxylic acids is 1. The summed E-state index contributed by atoms with van der Waals surface area (Å²) in [4.78, 5) is 12.8. The van der Waals surface area contributed by atoms with Crippen LogP contribution in [0.3, 0.4) is 0 Å². The summed E-state index contributed by atoms with van der Waals surface area (Å²) < 4.78 is 5.55. The van der Waals surface area contributed by atoms with Crippen molar-refractivity contribution in [1.29, 1.82) is 5.26 Å². The van der Waals surface area contributed by atoms with Crippen LogP contribution in [0.4, 0.5) is 0 Å². The molecule has 0 aliphatic rings. The Hall–Kier alpha value is -3.38. The van der Waals surface area contributed by atoms with Gasteiger partial charge >= 0.3 is 5.97 Å². The molecular formula is C22H17NO2. The summed E-state index contributed by atoms with van der Waals surface area (Å²) in [5, 5.41) is 9.16. The van der Waals surface area contributed by atoms with E-state index in [-0.39, 0.29) is 12.6 Å². The fraction of sp³-hybridized carbons (Fsp3) is 0.0909. The van der Waals surface area contributed by atoms with Crippen molar-refractivity contribution in [3.8, 4) is 6.07 Å². The molecule has 0 saturated heterocycles. The monoisotopic (exact) mass is 327 g/mol. The van der Waals surface area contributed by atoms with Crippen molar-refractivity contribution in [3.05, 3.63) is 107 Å². The summed E-state index contributed by atoms with van der Waals surface area (Å²) in [7, 11) is 0. The molecule has 3 rings (SSSR count). The second-order valence-electron chi connectivity index (χ2n) is 5.63. The Balaban J connectivity index is 1.84. The number of rotatable bonds is 5. The molecule has 3 heteroatoms. The second-order valence-corrected chi connectivity index (χ2v) is 5.63. The van der Waals surface area contributed by atoms with Gasteiger partial charge in [0, 0.05) is 5.56 Å². The van der Waals surface area contributed by atoms with E-state index >= 15 is 0 Å². The van der Waals surface area contributed by atoms with Gasteiger partial charge in [-0.3, -0.25) is 4.79 Å². The number of esters is 1. The largest absolute Gasteiger partial charge is 0.460 e. The van der Waals surface area contributed by atoms with E-state index in [1.807, 2.05) is 66.7 Å². The lowest BCUT2D eigenvalue weighted by Crippen LogP contribution is -2.17. The van der Waals surface area contributed by atoms with Gasteiger partial charge in [0.25, 0.3) is 0 Å². The zero-order chi connectivity index (χ0) is 17.5. The molecule has 0 atom stereocenters. The third-order valence-corrected chi connectivity index (χ3v) is 4.01. The quantitative estimate of drug-likeness (QED) is 0.651. The highest BCUT2D eigenvalue weighted by Crippen LogP contribution is 2.26. The van der Waals surface area contributed by atoms with Crippen molar-refractivity contribution in [2.75, 3.05) is 0 Å². The van der Waals surface area contributed by atoms with Crippen LogP contribution in [-0.4, -0.2) is 5.97 Å². The molecule has 0 spiro atoms. The van der Waals surface area contributed by atoms with E-state index in [4.69, 9.17) is 10.00 Å². The van der Waals surface area contributed by atoms with Gasteiger partial charge in [-0.25, -0.2) is 0 Å². The maximum absolute atomic E-state index is 12.8. The minimum absolute atomic E-state index is 0.0821. The van der Waals surface area contributed by atoms with Gasteiger partial charge in [0.05, 0.1) is 11.6 Å². The molecule has 3 aromatic rings. The van der Waals surface area contributed by atoms with E-state index in [9.17, 15) is 4.79 Å². The maximum atomic E-state index is 12.8. The summed E-state index contributed by atoms with van der Waals surface area (Å²) in [5.41, 5.74) is 2.99. The minimum Gasteiger partial charge on any atom is -0.460 e. The molecule has 0 radical (unpaired) electrons. The molecule has 3 aromatic carbocycles. The fourth-order valence-electron chi connectivity index (χ4n) is 2.74. The topological polar surface area (TPSA) is 50.1 Å². The lowest BCUT2D eigenvalue weighted by Gasteiger charge is -2.17. The van der Waals surface area contributed by atoms with Gasteiger partial charge in [-0.15, -0.1) is 0 Å². The molecule has 0 unspecified atom stereocenters. The number of carbonyl (C=O) groups is 1. The predicted octanol–water partition coefficient (Wildman–Crippen LogP) is 4.43. The lowest BCUT2D eigenvalue weighted by atomic mass is 9.91. The van der Waals surface area contributed by atoms with Gasteiger partial charge in [-0.1, -0.05) is 78.9 Å². The average Bonchev–Trinajstić information content (AvgIpc) is 2.68. The number of ether oxygens (including phenoxy) is 1. The number of hydrogen-bond donors (Lipinski definition) is 0. The minimum atomic E-state index is -0.489. The summed E-state index contributed by atoms with van der Waals surface area (Å²) >= 11 is 0. The Morgan fingerprint density at radius 1 is 0.840 bits per heavy atom. The summed E-state index contributed by atoms with van der Waals surface area (Å²) in [6, 6.07) is 28.4. The highest BCUT2D eigenvalue weighted by atomic mass is 16.5. The zero-order valence-electron chi connectivity index (χ0n) is 13.6. The van der Waals surface area contributed by atoms with Crippen LogP contribution in [0, 0.1) is 11.3 Å². The van der Waals surface area contributed by atoms with Crippen LogP contribution < -0.4 is 0 Å². The molecule has 3 nitrogen and oxygen atoms in total. The van der Waals surface area contributed by atoms with Gasteiger partial charge in [-0.2, -0.15) is 5.26 Å². The second kappa shape index (κ2) is 7.94. The van der Waals surface area contributed by atoms with Gasteiger partial charge < -0.3 is 4.74 Å². The van der Waals surface area contributed by atoms with Crippen molar-refractivity contribution in [2.24, 2.45) is 0 Å². The van der Waals surface area contributed by atoms with Crippen molar-refractivity contribution >= 4 is 5.97 Å². The third kappa shape index (κ3) is 3.94. The maximum Gasteiger partial charge on any atom is 0.318 e. The zero-order valence-corrected chi connectivity index (χ0v) is 13.6. The number of nitrogens with zero attached hydrogens (tertiary/aromatic N) is 1. The van der Waals surface area contributed by atoms with Crippen molar-refractivity contribution in [1.82, 2.24) is 0 Å². The van der Waals surface area contributed by atoms with Crippen molar-refractivity contribution in [3.63, 3.8) is 0 Å². The van der Waals surface area contributed by atoms with Gasteiger partial charge in [0.2, 0.25) is 0 Å². The van der Waals surface area contributed by atoms with Crippen LogP contribution in [0.15, 0.2) is 84.9 Å². The Morgan fingerprint density at radius 3 is 1.92 bits per heavy atom. The Labute approximate surface area is 147 Å². The molecule has 0 aliphatic carbocycles. The highest BCUT2D eigenvalue weighted by Gasteiger charge is 2.24. The van der Waals surface area contributed by atoms with E-state index in [0.29, 0.717) is 11.1 Å². The molecule has 0 aromatic heterocycles. The Morgan fingerprint density at radius 2 is 1.36 bits per heavy atom. The molecule has 0 amide bonds. The van der Waals surface area contributed by atoms with E-state index in [0.717, 1.165) is 11.1 Å². The van der Waals surface area contributed by atoms with Gasteiger partial charge in [-0.05, 0) is 17.2 Å². The molecular weight excluding hydrogens is 310 g/mol. The number of hydrogen-bond acceptors (Lipinski definition) is 3. The van der Waals surface area contributed by atoms with Crippen molar-refractivity contribution in [2.45, 2.75) is 12.5 Å². The average molecular weight is 327 g/mol. The molecule has 25 heavy (non-hydrogen) atoms. The van der Waals surface area contributed by atoms with E-state index in [2.05, 4.69) is 6.07 Å². The van der Waals surface area contributed by atoms with E-state index in [1.165, 1.54) is 0 Å². The summed E-state index contributed by atoms with van der Waals surface area (Å²) in [6.45, 7) is 0.0821. The smallest absolute Gasteiger partial charge is 0.318 e. The Kier molecular flexibility index (Phi) is 5.23. The van der Waals surface area contributed by atoms with Crippen LogP contribution >= 0.6 is 0 Å². The summed E-state index contributed by atoms with van der Waals surface area (Å²) in [6.07, 6.45) is 0. The van der Waals surface area contributed by atoms with Crippen LogP contribution in [0.5, 0.6) is 0 Å². The first-order valence-corrected chi connectivity index (χ1v) is 8.04. The first kappa shape index (κ1) is 16.5. The fourth-order valence-corrected chi connectivity index (χ4v) is 2.74. The van der Waals surface area contributed by atoms with E-state index < -0.39 is 5.92 Å². The van der Waals surface area contributed by atoms with Gasteiger partial charge in [0.1, 0.15) is 12.5 Å². The molecule has 0 saturated carbocycles. The predicted molar refractivity (Wildman–Crippen MR) is 95.7 cm³/mol. The van der Waals surface area contributed by atoms with Crippen LogP contribution in [0.1, 0.15) is 28.2 Å². The number of benzene rings is 3. The first-order valence-electron chi connectivity index (χ1n) is 8.04. The van der Waals surface area contributed by atoms with Gasteiger partial charge in [0.15, 0.2) is 0 Å². The third-order valence-electron chi connectivity index (χ3n) is 4.01. The normalized spacial score (nSPS) is 10.2. The Bertz CT molecular complexity index is 843.